The van der Waals surface area contributed by atoms with Gasteiger partial charge in [0.15, 0.2) is 0 Å². The van der Waals surface area contributed by atoms with Crippen molar-refractivity contribution in [3.05, 3.63) is 101 Å². The van der Waals surface area contributed by atoms with E-state index in [1.165, 1.54) is 7.11 Å². The number of rotatable bonds is 5. The fraction of sp³-hybridized carbons (Fsp3) is 0.0435. The molecule has 0 aliphatic heterocycles. The molecule has 0 unspecified atom stereocenters. The molecule has 1 N–H and O–H groups in total. The number of ether oxygens (including phenoxy) is 1. The van der Waals surface area contributed by atoms with Crippen molar-refractivity contribution in [2.24, 2.45) is 0 Å². The van der Waals surface area contributed by atoms with Crippen LogP contribution in [0.1, 0.15) is 31.8 Å². The SMILES string of the molecule is COC(=O)c1cc(/C=C/c2ccccc2)ccc1NC(=O)c1ccccc1. The fourth-order valence-corrected chi connectivity index (χ4v) is 2.59. The maximum atomic E-state index is 12.4. The zero-order valence-electron chi connectivity index (χ0n) is 14.9. The van der Waals surface area contributed by atoms with Crippen molar-refractivity contribution in [2.75, 3.05) is 12.4 Å². The van der Waals surface area contributed by atoms with E-state index < -0.39 is 5.97 Å². The van der Waals surface area contributed by atoms with Crippen LogP contribution in [0.3, 0.4) is 0 Å². The Labute approximate surface area is 158 Å². The molecule has 0 radical (unpaired) electrons. The van der Waals surface area contributed by atoms with Gasteiger partial charge in [-0.1, -0.05) is 66.7 Å². The summed E-state index contributed by atoms with van der Waals surface area (Å²) in [6.45, 7) is 0. The Hall–Kier alpha value is -3.66. The van der Waals surface area contributed by atoms with Crippen LogP contribution >= 0.6 is 0 Å². The van der Waals surface area contributed by atoms with Gasteiger partial charge in [0.2, 0.25) is 0 Å². The van der Waals surface area contributed by atoms with Gasteiger partial charge in [-0.25, -0.2) is 4.79 Å². The Morgan fingerprint density at radius 3 is 2.11 bits per heavy atom. The molecule has 3 aromatic carbocycles. The molecule has 0 aromatic heterocycles. The molecule has 0 fully saturated rings. The average Bonchev–Trinajstić information content (AvgIpc) is 2.73. The first kappa shape index (κ1) is 18.1. The van der Waals surface area contributed by atoms with Gasteiger partial charge in [0.05, 0.1) is 18.4 Å². The second-order valence-electron chi connectivity index (χ2n) is 5.86. The number of carbonyl (C=O) groups is 2. The standard InChI is InChI=1S/C23H19NO3/c1-27-23(26)20-16-18(13-12-17-8-4-2-5-9-17)14-15-21(20)24-22(25)19-10-6-3-7-11-19/h2-16H,1H3,(H,24,25)/b13-12+. The molecule has 3 rings (SSSR count). The third-order valence-corrected chi connectivity index (χ3v) is 4.00. The molecule has 1 amide bonds. The summed E-state index contributed by atoms with van der Waals surface area (Å²) < 4.78 is 4.87. The number of anilines is 1. The fourth-order valence-electron chi connectivity index (χ4n) is 2.59. The molecule has 0 atom stereocenters. The Kier molecular flexibility index (Phi) is 5.80. The molecular formula is C23H19NO3. The minimum atomic E-state index is -0.506. The summed E-state index contributed by atoms with van der Waals surface area (Å²) in [6.07, 6.45) is 3.86. The highest BCUT2D eigenvalue weighted by atomic mass is 16.5. The first-order valence-corrected chi connectivity index (χ1v) is 8.49. The van der Waals surface area contributed by atoms with Crippen LogP contribution in [0.25, 0.3) is 12.2 Å². The minimum absolute atomic E-state index is 0.284. The number of benzene rings is 3. The monoisotopic (exact) mass is 357 g/mol. The molecule has 4 nitrogen and oxygen atoms in total. The van der Waals surface area contributed by atoms with E-state index >= 15 is 0 Å². The van der Waals surface area contributed by atoms with Crippen molar-refractivity contribution >= 4 is 29.7 Å². The molecule has 3 aromatic rings. The summed E-state index contributed by atoms with van der Waals surface area (Å²) in [5, 5.41) is 2.78. The molecule has 0 saturated carbocycles. The lowest BCUT2D eigenvalue weighted by atomic mass is 10.1. The zero-order chi connectivity index (χ0) is 19.1. The number of hydrogen-bond donors (Lipinski definition) is 1. The molecule has 0 bridgehead atoms. The van der Waals surface area contributed by atoms with Crippen LogP contribution in [-0.4, -0.2) is 19.0 Å². The average molecular weight is 357 g/mol. The predicted octanol–water partition coefficient (Wildman–Crippen LogP) is 4.90. The minimum Gasteiger partial charge on any atom is -0.465 e. The summed E-state index contributed by atoms with van der Waals surface area (Å²) in [7, 11) is 1.32. The van der Waals surface area contributed by atoms with Crippen LogP contribution in [0, 0.1) is 0 Å². The third-order valence-electron chi connectivity index (χ3n) is 4.00. The second kappa shape index (κ2) is 8.63. The van der Waals surface area contributed by atoms with E-state index in [1.807, 2.05) is 54.6 Å². The van der Waals surface area contributed by atoms with Gasteiger partial charge < -0.3 is 10.1 Å². The van der Waals surface area contributed by atoms with E-state index in [4.69, 9.17) is 4.74 Å². The lowest BCUT2D eigenvalue weighted by Crippen LogP contribution is -2.15. The van der Waals surface area contributed by atoms with Crippen LogP contribution in [0.2, 0.25) is 0 Å². The number of methoxy groups -OCH3 is 1. The van der Waals surface area contributed by atoms with Crippen molar-refractivity contribution in [3.63, 3.8) is 0 Å². The Morgan fingerprint density at radius 2 is 1.44 bits per heavy atom. The van der Waals surface area contributed by atoms with Crippen molar-refractivity contribution in [1.29, 1.82) is 0 Å². The Morgan fingerprint density at radius 1 is 0.815 bits per heavy atom. The number of amides is 1. The van der Waals surface area contributed by atoms with Crippen LogP contribution in [0.4, 0.5) is 5.69 Å². The molecule has 0 spiro atoms. The summed E-state index contributed by atoms with van der Waals surface area (Å²) in [5.74, 6) is -0.790. The topological polar surface area (TPSA) is 55.4 Å². The van der Waals surface area contributed by atoms with Crippen molar-refractivity contribution in [3.8, 4) is 0 Å². The van der Waals surface area contributed by atoms with Gasteiger partial charge >= 0.3 is 5.97 Å². The maximum Gasteiger partial charge on any atom is 0.339 e. The molecule has 0 aliphatic rings. The van der Waals surface area contributed by atoms with E-state index in [0.717, 1.165) is 11.1 Å². The van der Waals surface area contributed by atoms with E-state index in [9.17, 15) is 9.59 Å². The molecular weight excluding hydrogens is 338 g/mol. The number of esters is 1. The zero-order valence-corrected chi connectivity index (χ0v) is 14.9. The summed E-state index contributed by atoms with van der Waals surface area (Å²) in [5.41, 5.74) is 3.11. The molecule has 0 aliphatic carbocycles. The smallest absolute Gasteiger partial charge is 0.339 e. The lowest BCUT2D eigenvalue weighted by Gasteiger charge is -2.11. The molecule has 27 heavy (non-hydrogen) atoms. The van der Waals surface area contributed by atoms with E-state index in [-0.39, 0.29) is 5.91 Å². The van der Waals surface area contributed by atoms with Gasteiger partial charge in [0.25, 0.3) is 5.91 Å². The number of hydrogen-bond acceptors (Lipinski definition) is 3. The lowest BCUT2D eigenvalue weighted by molar-refractivity contribution is 0.0602. The quantitative estimate of drug-likeness (QED) is 0.522. The van der Waals surface area contributed by atoms with Crippen molar-refractivity contribution in [1.82, 2.24) is 0 Å². The summed E-state index contributed by atoms with van der Waals surface area (Å²) >= 11 is 0. The van der Waals surface area contributed by atoms with Gasteiger partial charge in [-0.15, -0.1) is 0 Å². The highest BCUT2D eigenvalue weighted by Crippen LogP contribution is 2.21. The number of nitrogens with one attached hydrogen (secondary N) is 1. The van der Waals surface area contributed by atoms with Crippen molar-refractivity contribution < 1.29 is 14.3 Å². The van der Waals surface area contributed by atoms with Crippen LogP contribution < -0.4 is 5.32 Å². The summed E-state index contributed by atoms with van der Waals surface area (Å²) in [6, 6.07) is 23.9. The normalized spacial score (nSPS) is 10.6. The highest BCUT2D eigenvalue weighted by Gasteiger charge is 2.15. The molecule has 0 heterocycles. The van der Waals surface area contributed by atoms with Gasteiger partial charge in [0.1, 0.15) is 0 Å². The van der Waals surface area contributed by atoms with Gasteiger partial charge in [-0.3, -0.25) is 4.79 Å². The van der Waals surface area contributed by atoms with Crippen LogP contribution in [0.5, 0.6) is 0 Å². The molecule has 4 heteroatoms. The van der Waals surface area contributed by atoms with Crippen molar-refractivity contribution in [2.45, 2.75) is 0 Å². The first-order chi connectivity index (χ1) is 13.2. The van der Waals surface area contributed by atoms with Gasteiger partial charge in [0, 0.05) is 5.56 Å². The second-order valence-corrected chi connectivity index (χ2v) is 5.86. The number of carbonyl (C=O) groups excluding carboxylic acids is 2. The van der Waals surface area contributed by atoms with Gasteiger partial charge in [-0.2, -0.15) is 0 Å². The van der Waals surface area contributed by atoms with E-state index in [0.29, 0.717) is 16.8 Å². The summed E-state index contributed by atoms with van der Waals surface area (Å²) in [4.78, 5) is 24.6. The largest absolute Gasteiger partial charge is 0.465 e. The Bertz CT molecular complexity index is 963. The Balaban J connectivity index is 1.87. The molecule has 134 valence electrons. The van der Waals surface area contributed by atoms with Gasteiger partial charge in [-0.05, 0) is 35.4 Å². The molecule has 0 saturated heterocycles. The van der Waals surface area contributed by atoms with E-state index in [2.05, 4.69) is 5.32 Å². The highest BCUT2D eigenvalue weighted by molar-refractivity contribution is 6.08. The first-order valence-electron chi connectivity index (χ1n) is 8.49. The maximum absolute atomic E-state index is 12.4. The van der Waals surface area contributed by atoms with E-state index in [1.54, 1.807) is 36.4 Å². The predicted molar refractivity (Wildman–Crippen MR) is 108 cm³/mol. The third kappa shape index (κ3) is 4.70. The van der Waals surface area contributed by atoms with Crippen LogP contribution in [0.15, 0.2) is 78.9 Å². The van der Waals surface area contributed by atoms with Crippen LogP contribution in [-0.2, 0) is 4.74 Å².